The van der Waals surface area contributed by atoms with E-state index in [2.05, 4.69) is 5.32 Å². The van der Waals surface area contributed by atoms with Gasteiger partial charge < -0.3 is 10.4 Å². The van der Waals surface area contributed by atoms with Crippen molar-refractivity contribution in [1.29, 1.82) is 0 Å². The van der Waals surface area contributed by atoms with Crippen LogP contribution < -0.4 is 5.32 Å². The van der Waals surface area contributed by atoms with Gasteiger partial charge in [-0.2, -0.15) is 0 Å². The van der Waals surface area contributed by atoms with Crippen molar-refractivity contribution in [2.24, 2.45) is 5.92 Å². The van der Waals surface area contributed by atoms with Crippen molar-refractivity contribution >= 4 is 17.6 Å². The Hall–Kier alpha value is -2.44. The minimum absolute atomic E-state index is 0.0270. The minimum atomic E-state index is -0.881. The van der Waals surface area contributed by atoms with Crippen molar-refractivity contribution in [3.8, 4) is 0 Å². The number of nitro benzene ring substituents is 1. The highest BCUT2D eigenvalue weighted by Gasteiger charge is 2.33. The predicted octanol–water partition coefficient (Wildman–Crippen LogP) is 1.51. The molecule has 1 fully saturated rings. The molecule has 1 aromatic rings. The molecular weight excluding hydrogens is 276 g/mol. The largest absolute Gasteiger partial charge is 0.481 e. The van der Waals surface area contributed by atoms with Gasteiger partial charge in [-0.1, -0.05) is 18.6 Å². The van der Waals surface area contributed by atoms with Crippen LogP contribution in [0.4, 0.5) is 5.69 Å². The molecule has 1 saturated carbocycles. The minimum Gasteiger partial charge on any atom is -0.481 e. The Bertz CT molecular complexity index is 555. The van der Waals surface area contributed by atoms with E-state index in [0.717, 1.165) is 6.42 Å². The van der Waals surface area contributed by atoms with Gasteiger partial charge in [-0.25, -0.2) is 0 Å². The van der Waals surface area contributed by atoms with Crippen LogP contribution in [0.5, 0.6) is 0 Å². The molecule has 1 amide bonds. The van der Waals surface area contributed by atoms with Crippen molar-refractivity contribution in [3.63, 3.8) is 0 Å². The standard InChI is InChI=1S/C14H16N2O5/c17-13(15-12-3-1-2-11(12)14(18)19)8-9-4-6-10(7-5-9)16(20)21/h4-7,11-12H,1-3,8H2,(H,15,17)(H,18,19). The van der Waals surface area contributed by atoms with E-state index in [-0.39, 0.29) is 24.1 Å². The Labute approximate surface area is 121 Å². The summed E-state index contributed by atoms with van der Waals surface area (Å²) < 4.78 is 0. The van der Waals surface area contributed by atoms with E-state index in [9.17, 15) is 19.7 Å². The normalized spacial score (nSPS) is 21.0. The highest BCUT2D eigenvalue weighted by atomic mass is 16.6. The average Bonchev–Trinajstić information content (AvgIpc) is 2.87. The van der Waals surface area contributed by atoms with Crippen molar-refractivity contribution in [3.05, 3.63) is 39.9 Å². The molecule has 2 rings (SSSR count). The summed E-state index contributed by atoms with van der Waals surface area (Å²) >= 11 is 0. The highest BCUT2D eigenvalue weighted by Crippen LogP contribution is 2.25. The molecule has 0 radical (unpaired) electrons. The van der Waals surface area contributed by atoms with Crippen LogP contribution in [0.1, 0.15) is 24.8 Å². The van der Waals surface area contributed by atoms with Gasteiger partial charge in [-0.3, -0.25) is 19.7 Å². The molecule has 7 heteroatoms. The summed E-state index contributed by atoms with van der Waals surface area (Å²) in [6, 6.07) is 5.42. The van der Waals surface area contributed by atoms with Gasteiger partial charge in [0.1, 0.15) is 0 Å². The molecule has 2 atom stereocenters. The SMILES string of the molecule is O=C(Cc1ccc([N+](=O)[O-])cc1)NC1CCCC1C(=O)O. The summed E-state index contributed by atoms with van der Waals surface area (Å²) in [4.78, 5) is 33.0. The second-order valence-corrected chi connectivity index (χ2v) is 5.15. The first kappa shape index (κ1) is 15.0. The number of nitrogens with zero attached hydrogens (tertiary/aromatic N) is 1. The highest BCUT2D eigenvalue weighted by molar-refractivity contribution is 5.80. The number of non-ortho nitro benzene ring substituents is 1. The van der Waals surface area contributed by atoms with Crippen LogP contribution in [-0.4, -0.2) is 27.9 Å². The van der Waals surface area contributed by atoms with E-state index in [1.165, 1.54) is 24.3 Å². The molecule has 112 valence electrons. The van der Waals surface area contributed by atoms with Crippen molar-refractivity contribution in [1.82, 2.24) is 5.32 Å². The zero-order valence-electron chi connectivity index (χ0n) is 11.3. The number of carboxylic acids is 1. The van der Waals surface area contributed by atoms with Crippen LogP contribution in [0.2, 0.25) is 0 Å². The molecular formula is C14H16N2O5. The lowest BCUT2D eigenvalue weighted by Gasteiger charge is -2.17. The van der Waals surface area contributed by atoms with Gasteiger partial charge >= 0.3 is 5.97 Å². The van der Waals surface area contributed by atoms with Gasteiger partial charge in [0.2, 0.25) is 5.91 Å². The van der Waals surface area contributed by atoms with Crippen LogP contribution in [0.25, 0.3) is 0 Å². The second-order valence-electron chi connectivity index (χ2n) is 5.15. The zero-order chi connectivity index (χ0) is 15.4. The summed E-state index contributed by atoms with van der Waals surface area (Å²) in [5.74, 6) is -1.67. The van der Waals surface area contributed by atoms with Gasteiger partial charge in [0.15, 0.2) is 0 Å². The third-order valence-corrected chi connectivity index (χ3v) is 3.69. The number of aliphatic carboxylic acids is 1. The summed E-state index contributed by atoms with van der Waals surface area (Å²) in [5, 5.41) is 22.3. The van der Waals surface area contributed by atoms with Crippen molar-refractivity contribution < 1.29 is 19.6 Å². The number of hydrogen-bond acceptors (Lipinski definition) is 4. The topological polar surface area (TPSA) is 110 Å². The summed E-state index contributed by atoms with van der Waals surface area (Å²) in [7, 11) is 0. The number of hydrogen-bond donors (Lipinski definition) is 2. The molecule has 0 heterocycles. The van der Waals surface area contributed by atoms with E-state index in [4.69, 9.17) is 5.11 Å². The van der Waals surface area contributed by atoms with E-state index in [1.807, 2.05) is 0 Å². The molecule has 1 aromatic carbocycles. The van der Waals surface area contributed by atoms with E-state index in [1.54, 1.807) is 0 Å². The molecule has 0 aliphatic heterocycles. The molecule has 0 saturated heterocycles. The number of carboxylic acid groups (broad SMARTS) is 1. The first-order valence-corrected chi connectivity index (χ1v) is 6.73. The molecule has 7 nitrogen and oxygen atoms in total. The molecule has 2 unspecified atom stereocenters. The van der Waals surface area contributed by atoms with Gasteiger partial charge in [-0.15, -0.1) is 0 Å². The maximum absolute atomic E-state index is 11.9. The van der Waals surface area contributed by atoms with Crippen molar-refractivity contribution in [2.45, 2.75) is 31.7 Å². The Morgan fingerprint density at radius 2 is 1.95 bits per heavy atom. The maximum atomic E-state index is 11.9. The lowest BCUT2D eigenvalue weighted by Crippen LogP contribution is -2.40. The number of benzene rings is 1. The lowest BCUT2D eigenvalue weighted by atomic mass is 10.0. The monoisotopic (exact) mass is 292 g/mol. The fourth-order valence-corrected chi connectivity index (χ4v) is 2.61. The molecule has 0 spiro atoms. The van der Waals surface area contributed by atoms with Crippen LogP contribution in [0.15, 0.2) is 24.3 Å². The Morgan fingerprint density at radius 1 is 1.29 bits per heavy atom. The van der Waals surface area contributed by atoms with Gasteiger partial charge in [0.05, 0.1) is 17.3 Å². The molecule has 2 N–H and O–H groups in total. The summed E-state index contributed by atoms with van der Waals surface area (Å²) in [5.41, 5.74) is 0.629. The van der Waals surface area contributed by atoms with E-state index in [0.29, 0.717) is 18.4 Å². The van der Waals surface area contributed by atoms with Crippen LogP contribution in [0, 0.1) is 16.0 Å². The molecule has 1 aliphatic carbocycles. The first-order valence-electron chi connectivity index (χ1n) is 6.73. The van der Waals surface area contributed by atoms with Gasteiger partial charge in [-0.05, 0) is 18.4 Å². The number of nitro groups is 1. The summed E-state index contributed by atoms with van der Waals surface area (Å²) in [6.45, 7) is 0. The molecule has 0 bridgehead atoms. The fourth-order valence-electron chi connectivity index (χ4n) is 2.61. The van der Waals surface area contributed by atoms with Gasteiger partial charge in [0, 0.05) is 18.2 Å². The number of amides is 1. The van der Waals surface area contributed by atoms with E-state index >= 15 is 0 Å². The van der Waals surface area contributed by atoms with E-state index < -0.39 is 16.8 Å². The molecule has 21 heavy (non-hydrogen) atoms. The lowest BCUT2D eigenvalue weighted by molar-refractivity contribution is -0.384. The third-order valence-electron chi connectivity index (χ3n) is 3.69. The quantitative estimate of drug-likeness (QED) is 0.631. The first-order chi connectivity index (χ1) is 9.97. The molecule has 0 aromatic heterocycles. The zero-order valence-corrected chi connectivity index (χ0v) is 11.3. The van der Waals surface area contributed by atoms with Crippen LogP contribution in [-0.2, 0) is 16.0 Å². The summed E-state index contributed by atoms with van der Waals surface area (Å²) in [6.07, 6.45) is 2.13. The van der Waals surface area contributed by atoms with Gasteiger partial charge in [0.25, 0.3) is 5.69 Å². The smallest absolute Gasteiger partial charge is 0.308 e. The number of rotatable bonds is 5. The number of nitrogens with one attached hydrogen (secondary N) is 1. The number of carbonyl (C=O) groups is 2. The fraction of sp³-hybridized carbons (Fsp3) is 0.429. The maximum Gasteiger partial charge on any atom is 0.308 e. The Kier molecular flexibility index (Phi) is 4.52. The predicted molar refractivity (Wildman–Crippen MR) is 73.7 cm³/mol. The van der Waals surface area contributed by atoms with Crippen LogP contribution in [0.3, 0.4) is 0 Å². The van der Waals surface area contributed by atoms with Crippen molar-refractivity contribution in [2.75, 3.05) is 0 Å². The number of carbonyl (C=O) groups excluding carboxylic acids is 1. The molecule has 1 aliphatic rings. The average molecular weight is 292 g/mol. The second kappa shape index (κ2) is 6.34. The Morgan fingerprint density at radius 3 is 2.52 bits per heavy atom. The Balaban J connectivity index is 1.92. The van der Waals surface area contributed by atoms with Crippen LogP contribution >= 0.6 is 0 Å². The third kappa shape index (κ3) is 3.77.